The maximum absolute atomic E-state index is 14.6. The highest BCUT2D eigenvalue weighted by Gasteiger charge is 2.21. The summed E-state index contributed by atoms with van der Waals surface area (Å²) in [5.74, 6) is -1.52. The summed E-state index contributed by atoms with van der Waals surface area (Å²) < 4.78 is 35.5. The van der Waals surface area contributed by atoms with Crippen molar-refractivity contribution < 1.29 is 13.2 Å². The molecule has 4 heterocycles. The van der Waals surface area contributed by atoms with Crippen LogP contribution in [0.2, 0.25) is 5.02 Å². The van der Waals surface area contributed by atoms with Crippen LogP contribution in [0.15, 0.2) is 64.1 Å². The molecule has 2 aromatic carbocycles. The summed E-state index contributed by atoms with van der Waals surface area (Å²) in [5, 5.41) is 2.50. The van der Waals surface area contributed by atoms with Crippen molar-refractivity contribution in [3.05, 3.63) is 93.1 Å². The summed E-state index contributed by atoms with van der Waals surface area (Å²) in [5.41, 5.74) is 2.61. The van der Waals surface area contributed by atoms with Crippen LogP contribution >= 0.6 is 11.6 Å². The first-order valence-corrected chi connectivity index (χ1v) is 11.1. The Morgan fingerprint density at radius 2 is 1.91 bits per heavy atom. The molecule has 0 aliphatic carbocycles. The number of aryl methyl sites for hydroxylation is 1. The van der Waals surface area contributed by atoms with E-state index >= 15 is 0 Å². The van der Waals surface area contributed by atoms with Gasteiger partial charge >= 0.3 is 5.63 Å². The molecule has 8 heteroatoms. The van der Waals surface area contributed by atoms with Crippen molar-refractivity contribution in [2.75, 3.05) is 0 Å². The van der Waals surface area contributed by atoms with E-state index in [0.717, 1.165) is 45.8 Å². The van der Waals surface area contributed by atoms with Gasteiger partial charge < -0.3 is 8.98 Å². The monoisotopic (exact) mass is 475 g/mol. The lowest BCUT2D eigenvalue weighted by Crippen LogP contribution is -2.09. The molecule has 0 saturated heterocycles. The Morgan fingerprint density at radius 1 is 1.06 bits per heavy atom. The molecular formula is C26H16ClF2N3O2. The second-order valence-electron chi connectivity index (χ2n) is 8.14. The van der Waals surface area contributed by atoms with Gasteiger partial charge in [0.15, 0.2) is 0 Å². The van der Waals surface area contributed by atoms with Crippen LogP contribution in [0.25, 0.3) is 43.8 Å². The fourth-order valence-corrected chi connectivity index (χ4v) is 4.89. The van der Waals surface area contributed by atoms with Crippen molar-refractivity contribution >= 4 is 55.4 Å². The molecule has 0 atom stereocenters. The Balaban J connectivity index is 1.69. The predicted octanol–water partition coefficient (Wildman–Crippen LogP) is 6.39. The first-order valence-electron chi connectivity index (χ1n) is 10.7. The minimum Gasteiger partial charge on any atom is -0.402 e. The smallest absolute Gasteiger partial charge is 0.362 e. The lowest BCUT2D eigenvalue weighted by Gasteiger charge is -2.11. The van der Waals surface area contributed by atoms with Gasteiger partial charge in [-0.1, -0.05) is 24.6 Å². The van der Waals surface area contributed by atoms with E-state index < -0.39 is 17.3 Å². The number of nitrogens with zero attached hydrogens (tertiary/aromatic N) is 3. The van der Waals surface area contributed by atoms with Gasteiger partial charge in [0.1, 0.15) is 17.2 Å². The summed E-state index contributed by atoms with van der Waals surface area (Å²) in [7, 11) is 0. The summed E-state index contributed by atoms with van der Waals surface area (Å²) in [6.45, 7) is 2.20. The molecule has 0 amide bonds. The molecule has 0 aliphatic rings. The minimum absolute atomic E-state index is 0.0382. The second-order valence-corrected chi connectivity index (χ2v) is 8.52. The highest BCUT2D eigenvalue weighted by molar-refractivity contribution is 6.36. The van der Waals surface area contributed by atoms with Crippen LogP contribution in [-0.2, 0) is 13.0 Å². The zero-order valence-electron chi connectivity index (χ0n) is 17.9. The standard InChI is InChI=1S/C26H16ClF2N3O2/c1-2-13-5-6-20-17(8-13)21-16-4-3-7-30-25(16)34-26(33)24(21)32(20)12-14-11-31-19-10-15(28)9-18(29)22(19)23(14)27/h3-11H,2,12H2,1H3. The van der Waals surface area contributed by atoms with E-state index in [1.54, 1.807) is 16.8 Å². The van der Waals surface area contributed by atoms with Gasteiger partial charge in [0.2, 0.25) is 5.71 Å². The van der Waals surface area contributed by atoms with E-state index in [2.05, 4.69) is 23.0 Å². The number of hydrogen-bond acceptors (Lipinski definition) is 4. The number of pyridine rings is 2. The maximum Gasteiger partial charge on any atom is 0.362 e. The quantitative estimate of drug-likeness (QED) is 0.298. The summed E-state index contributed by atoms with van der Waals surface area (Å²) in [6, 6.07) is 11.6. The van der Waals surface area contributed by atoms with E-state index in [1.807, 2.05) is 18.2 Å². The van der Waals surface area contributed by atoms with Crippen LogP contribution in [0, 0.1) is 11.6 Å². The van der Waals surface area contributed by atoms with Gasteiger partial charge in [-0.15, -0.1) is 0 Å². The molecule has 168 valence electrons. The lowest BCUT2D eigenvalue weighted by molar-refractivity contribution is 0.553. The molecular weight excluding hydrogens is 460 g/mol. The van der Waals surface area contributed by atoms with E-state index in [1.165, 1.54) is 6.20 Å². The molecule has 6 rings (SSSR count). The lowest BCUT2D eigenvalue weighted by atomic mass is 10.1. The van der Waals surface area contributed by atoms with Gasteiger partial charge in [0.05, 0.1) is 22.5 Å². The molecule has 0 spiro atoms. The fraction of sp³-hybridized carbons (Fsp3) is 0.115. The van der Waals surface area contributed by atoms with Crippen molar-refractivity contribution in [1.29, 1.82) is 0 Å². The zero-order chi connectivity index (χ0) is 23.6. The number of halogens is 3. The average molecular weight is 476 g/mol. The van der Waals surface area contributed by atoms with Crippen molar-refractivity contribution in [2.45, 2.75) is 19.9 Å². The van der Waals surface area contributed by atoms with Crippen molar-refractivity contribution in [3.63, 3.8) is 0 Å². The van der Waals surface area contributed by atoms with Crippen LogP contribution in [-0.4, -0.2) is 14.5 Å². The topological polar surface area (TPSA) is 60.9 Å². The molecule has 0 saturated carbocycles. The van der Waals surface area contributed by atoms with E-state index in [0.29, 0.717) is 11.1 Å². The third kappa shape index (κ3) is 3.00. The summed E-state index contributed by atoms with van der Waals surface area (Å²) >= 11 is 6.57. The Labute approximate surface area is 196 Å². The van der Waals surface area contributed by atoms with Crippen LogP contribution in [0.3, 0.4) is 0 Å². The molecule has 34 heavy (non-hydrogen) atoms. The largest absolute Gasteiger partial charge is 0.402 e. The Bertz CT molecular complexity index is 1840. The SMILES string of the molecule is CCc1ccc2c(c1)c1c3cccnc3oc(=O)c1n2Cc1cnc2cc(F)cc(F)c2c1Cl. The van der Waals surface area contributed by atoms with Crippen molar-refractivity contribution in [2.24, 2.45) is 0 Å². The first kappa shape index (κ1) is 20.7. The molecule has 6 aromatic rings. The predicted molar refractivity (Wildman–Crippen MR) is 128 cm³/mol. The first-order chi connectivity index (χ1) is 16.5. The third-order valence-electron chi connectivity index (χ3n) is 6.18. The van der Waals surface area contributed by atoms with Gasteiger partial charge in [-0.25, -0.2) is 18.6 Å². The zero-order valence-corrected chi connectivity index (χ0v) is 18.7. The number of fused-ring (bicyclic) bond motifs is 6. The van der Waals surface area contributed by atoms with Gasteiger partial charge in [-0.2, -0.15) is 0 Å². The van der Waals surface area contributed by atoms with E-state index in [4.69, 9.17) is 16.0 Å². The van der Waals surface area contributed by atoms with E-state index in [9.17, 15) is 13.6 Å². The highest BCUT2D eigenvalue weighted by atomic mass is 35.5. The van der Waals surface area contributed by atoms with Crippen LogP contribution < -0.4 is 5.63 Å². The van der Waals surface area contributed by atoms with Crippen LogP contribution in [0.4, 0.5) is 8.78 Å². The fourth-order valence-electron chi connectivity index (χ4n) is 4.59. The number of rotatable bonds is 3. The summed E-state index contributed by atoms with van der Waals surface area (Å²) in [6.07, 6.45) is 3.88. The Hall–Kier alpha value is -3.84. The minimum atomic E-state index is -0.791. The summed E-state index contributed by atoms with van der Waals surface area (Å²) in [4.78, 5) is 21.6. The molecule has 0 unspecified atom stereocenters. The van der Waals surface area contributed by atoms with Gasteiger partial charge in [-0.05, 0) is 36.2 Å². The van der Waals surface area contributed by atoms with Gasteiger partial charge in [-0.3, -0.25) is 4.98 Å². The molecule has 0 fully saturated rings. The average Bonchev–Trinajstić information content (AvgIpc) is 3.14. The maximum atomic E-state index is 14.6. The third-order valence-corrected chi connectivity index (χ3v) is 6.61. The van der Waals surface area contributed by atoms with E-state index in [-0.39, 0.29) is 28.2 Å². The van der Waals surface area contributed by atoms with Gasteiger partial charge in [0.25, 0.3) is 0 Å². The number of benzene rings is 2. The molecule has 0 N–H and O–H groups in total. The van der Waals surface area contributed by atoms with Crippen LogP contribution in [0.5, 0.6) is 0 Å². The number of hydrogen-bond donors (Lipinski definition) is 0. The second kappa shape index (κ2) is 7.60. The normalized spacial score (nSPS) is 11.9. The molecule has 0 aliphatic heterocycles. The molecule has 0 radical (unpaired) electrons. The molecule has 4 aromatic heterocycles. The highest BCUT2D eigenvalue weighted by Crippen LogP contribution is 2.35. The van der Waals surface area contributed by atoms with Crippen LogP contribution in [0.1, 0.15) is 18.1 Å². The van der Waals surface area contributed by atoms with Crippen molar-refractivity contribution in [1.82, 2.24) is 14.5 Å². The molecule has 5 nitrogen and oxygen atoms in total. The Kier molecular flexibility index (Phi) is 4.64. The van der Waals surface area contributed by atoms with Gasteiger partial charge in [0, 0.05) is 51.8 Å². The molecule has 0 bridgehead atoms. The van der Waals surface area contributed by atoms with Crippen molar-refractivity contribution in [3.8, 4) is 0 Å². The number of aromatic nitrogens is 3. The Morgan fingerprint density at radius 3 is 2.74 bits per heavy atom.